The number of likely N-dealkylation sites (tertiary alicyclic amines) is 1. The maximum absolute atomic E-state index is 14.4. The predicted octanol–water partition coefficient (Wildman–Crippen LogP) is 6.67. The highest BCUT2D eigenvalue weighted by atomic mass is 35.5. The van der Waals surface area contributed by atoms with E-state index < -0.39 is 39.0 Å². The van der Waals surface area contributed by atoms with Gasteiger partial charge in [0, 0.05) is 28.5 Å². The molecule has 1 saturated heterocycles. The molecule has 0 unspecified atom stereocenters. The summed E-state index contributed by atoms with van der Waals surface area (Å²) in [5.41, 5.74) is 0.411. The average molecular weight is 565 g/mol. The number of hydrogen-bond acceptors (Lipinski definition) is 4. The number of hydrogen-bond donors (Lipinski definition) is 1. The molecule has 0 radical (unpaired) electrons. The molecule has 1 aliphatic rings. The zero-order chi connectivity index (χ0) is 28.6. The van der Waals surface area contributed by atoms with Gasteiger partial charge >= 0.3 is 6.09 Å². The van der Waals surface area contributed by atoms with E-state index in [-0.39, 0.29) is 24.1 Å². The first kappa shape index (κ1) is 30.3. The second-order valence-electron chi connectivity index (χ2n) is 12.4. The van der Waals surface area contributed by atoms with Gasteiger partial charge in [0.1, 0.15) is 11.4 Å². The molecule has 6 nitrogen and oxygen atoms in total. The van der Waals surface area contributed by atoms with Crippen LogP contribution in [0.25, 0.3) is 11.1 Å². The lowest BCUT2D eigenvalue weighted by Crippen LogP contribution is -2.55. The van der Waals surface area contributed by atoms with Gasteiger partial charge in [-0.05, 0) is 91.1 Å². The zero-order valence-corrected chi connectivity index (χ0v) is 24.9. The first-order valence-electron chi connectivity index (χ1n) is 12.7. The van der Waals surface area contributed by atoms with Gasteiger partial charge in [-0.15, -0.1) is 0 Å². The van der Waals surface area contributed by atoms with Crippen LogP contribution >= 0.6 is 11.6 Å². The standard InChI is InChI=1S/C29H38ClFN2O4S/c1-27(2,3)37-26(35)33-24(22(17-25(33)34)29(7,8)32-38(36)28(4,5)6)15-18-9-11-19(12-10-18)21-16-20(30)13-14-23(21)31/h9-14,16,22,24,32H,15,17H2,1-8H3/t22-,24+,38-/m0/s1. The Kier molecular flexibility index (Phi) is 8.81. The highest BCUT2D eigenvalue weighted by Crippen LogP contribution is 2.38. The number of imide groups is 1. The van der Waals surface area contributed by atoms with E-state index in [1.165, 1.54) is 17.0 Å². The normalized spacial score (nSPS) is 19.5. The number of ether oxygens (including phenoxy) is 1. The van der Waals surface area contributed by atoms with Crippen LogP contribution in [-0.2, 0) is 26.9 Å². The van der Waals surface area contributed by atoms with Crippen molar-refractivity contribution in [2.24, 2.45) is 5.92 Å². The fourth-order valence-electron chi connectivity index (χ4n) is 4.55. The number of nitrogens with zero attached hydrogens (tertiary/aromatic N) is 1. The number of rotatable bonds is 6. The van der Waals surface area contributed by atoms with Crippen molar-refractivity contribution in [2.75, 3.05) is 0 Å². The number of carbonyl (C=O) groups excluding carboxylic acids is 2. The van der Waals surface area contributed by atoms with E-state index in [2.05, 4.69) is 4.72 Å². The SMILES string of the molecule is CC(C)(C)OC(=O)N1C(=O)C[C@H](C(C)(C)N[S@@](=O)C(C)(C)C)[C@H]1Cc1ccc(-c2cc(Cl)ccc2F)cc1. The molecule has 1 heterocycles. The summed E-state index contributed by atoms with van der Waals surface area (Å²) in [4.78, 5) is 27.6. The lowest BCUT2D eigenvalue weighted by Gasteiger charge is -2.39. The molecule has 2 amide bonds. The van der Waals surface area contributed by atoms with Crippen molar-refractivity contribution in [3.63, 3.8) is 0 Å². The summed E-state index contributed by atoms with van der Waals surface area (Å²) < 4.78 is 35.7. The summed E-state index contributed by atoms with van der Waals surface area (Å²) in [5, 5.41) is 0.438. The Morgan fingerprint density at radius 3 is 2.24 bits per heavy atom. The topological polar surface area (TPSA) is 75.7 Å². The Bertz CT molecular complexity index is 1220. The lowest BCUT2D eigenvalue weighted by atomic mass is 9.80. The van der Waals surface area contributed by atoms with Crippen molar-refractivity contribution in [1.82, 2.24) is 9.62 Å². The maximum atomic E-state index is 14.4. The highest BCUT2D eigenvalue weighted by molar-refractivity contribution is 7.84. The first-order chi connectivity index (χ1) is 17.4. The molecule has 2 aromatic rings. The minimum Gasteiger partial charge on any atom is -0.443 e. The molecule has 9 heteroatoms. The van der Waals surface area contributed by atoms with Gasteiger partial charge < -0.3 is 4.74 Å². The maximum Gasteiger partial charge on any atom is 0.417 e. The summed E-state index contributed by atoms with van der Waals surface area (Å²) in [6.07, 6.45) is -0.224. The summed E-state index contributed by atoms with van der Waals surface area (Å²) in [6, 6.07) is 11.2. The lowest BCUT2D eigenvalue weighted by molar-refractivity contribution is -0.128. The monoisotopic (exact) mass is 564 g/mol. The molecule has 0 aliphatic carbocycles. The van der Waals surface area contributed by atoms with E-state index in [1.54, 1.807) is 39.0 Å². The average Bonchev–Trinajstić information content (AvgIpc) is 3.10. The number of nitrogens with one attached hydrogen (secondary N) is 1. The predicted molar refractivity (Wildman–Crippen MR) is 151 cm³/mol. The molecule has 1 N–H and O–H groups in total. The Morgan fingerprint density at radius 2 is 1.68 bits per heavy atom. The quantitative estimate of drug-likeness (QED) is 0.425. The van der Waals surface area contributed by atoms with E-state index in [0.717, 1.165) is 5.56 Å². The summed E-state index contributed by atoms with van der Waals surface area (Å²) >= 11 is 6.06. The Morgan fingerprint density at radius 1 is 1.08 bits per heavy atom. The summed E-state index contributed by atoms with van der Waals surface area (Å²) in [6.45, 7) is 14.7. The van der Waals surface area contributed by atoms with E-state index in [9.17, 15) is 18.2 Å². The van der Waals surface area contributed by atoms with E-state index >= 15 is 0 Å². The van der Waals surface area contributed by atoms with Gasteiger partial charge in [-0.3, -0.25) is 4.79 Å². The fraction of sp³-hybridized carbons (Fsp3) is 0.517. The Labute approximate surface area is 232 Å². The second-order valence-corrected chi connectivity index (χ2v) is 14.8. The summed E-state index contributed by atoms with van der Waals surface area (Å²) in [7, 11) is -1.38. The Balaban J connectivity index is 1.95. The van der Waals surface area contributed by atoms with Crippen LogP contribution in [0.1, 0.15) is 67.4 Å². The van der Waals surface area contributed by atoms with Crippen LogP contribution in [0.3, 0.4) is 0 Å². The zero-order valence-electron chi connectivity index (χ0n) is 23.4. The van der Waals surface area contributed by atoms with Crippen molar-refractivity contribution in [2.45, 2.75) is 90.2 Å². The number of halogens is 2. The van der Waals surface area contributed by atoms with Gasteiger partial charge in [0.05, 0.1) is 21.8 Å². The van der Waals surface area contributed by atoms with Crippen LogP contribution in [0, 0.1) is 11.7 Å². The minimum absolute atomic E-state index is 0.108. The molecule has 0 spiro atoms. The van der Waals surface area contributed by atoms with Gasteiger partial charge in [-0.1, -0.05) is 35.9 Å². The van der Waals surface area contributed by atoms with Crippen molar-refractivity contribution >= 4 is 34.6 Å². The van der Waals surface area contributed by atoms with Crippen molar-refractivity contribution in [1.29, 1.82) is 0 Å². The van der Waals surface area contributed by atoms with Gasteiger partial charge in [0.15, 0.2) is 0 Å². The molecular formula is C29H38ClFN2O4S. The third-order valence-corrected chi connectivity index (χ3v) is 8.59. The molecule has 0 aromatic heterocycles. The van der Waals surface area contributed by atoms with E-state index in [0.29, 0.717) is 22.6 Å². The fourth-order valence-corrected chi connectivity index (χ4v) is 5.66. The van der Waals surface area contributed by atoms with Crippen molar-refractivity contribution in [3.05, 3.63) is 58.9 Å². The van der Waals surface area contributed by atoms with Crippen molar-refractivity contribution < 1.29 is 22.9 Å². The van der Waals surface area contributed by atoms with E-state index in [4.69, 9.17) is 16.3 Å². The molecule has 1 aliphatic heterocycles. The van der Waals surface area contributed by atoms with Crippen LogP contribution in [0.4, 0.5) is 9.18 Å². The first-order valence-corrected chi connectivity index (χ1v) is 14.2. The molecule has 2 aromatic carbocycles. The van der Waals surface area contributed by atoms with Crippen molar-refractivity contribution in [3.8, 4) is 11.1 Å². The molecule has 38 heavy (non-hydrogen) atoms. The number of amides is 2. The third-order valence-electron chi connectivity index (χ3n) is 6.53. The molecule has 208 valence electrons. The van der Waals surface area contributed by atoms with Crippen LogP contribution in [-0.4, -0.2) is 43.0 Å². The molecule has 3 rings (SSSR count). The smallest absolute Gasteiger partial charge is 0.417 e. The van der Waals surface area contributed by atoms with E-state index in [1.807, 2.05) is 46.8 Å². The third kappa shape index (κ3) is 7.21. The second kappa shape index (κ2) is 11.1. The van der Waals surface area contributed by atoms with Crippen LogP contribution in [0.5, 0.6) is 0 Å². The van der Waals surface area contributed by atoms with Crippen LogP contribution in [0.15, 0.2) is 42.5 Å². The summed E-state index contributed by atoms with van der Waals surface area (Å²) in [5.74, 6) is -1.04. The number of benzene rings is 2. The minimum atomic E-state index is -1.38. The number of carbonyl (C=O) groups is 2. The molecule has 1 fully saturated rings. The Hall–Kier alpha value is -2.29. The molecular weight excluding hydrogens is 527 g/mol. The molecule has 3 atom stereocenters. The van der Waals surface area contributed by atoms with Gasteiger partial charge in [0.2, 0.25) is 5.91 Å². The van der Waals surface area contributed by atoms with Gasteiger partial charge in [-0.2, -0.15) is 0 Å². The molecule has 0 saturated carbocycles. The molecule has 0 bridgehead atoms. The van der Waals surface area contributed by atoms with Gasteiger partial charge in [0.25, 0.3) is 0 Å². The van der Waals surface area contributed by atoms with Crippen LogP contribution in [0.2, 0.25) is 5.02 Å². The van der Waals surface area contributed by atoms with Crippen LogP contribution < -0.4 is 4.72 Å². The highest BCUT2D eigenvalue weighted by Gasteiger charge is 2.51. The van der Waals surface area contributed by atoms with Gasteiger partial charge in [-0.25, -0.2) is 23.0 Å². The largest absolute Gasteiger partial charge is 0.443 e.